The highest BCUT2D eigenvalue weighted by molar-refractivity contribution is 5.91. The van der Waals surface area contributed by atoms with Gasteiger partial charge in [-0.1, -0.05) is 32.0 Å². The number of carbonyl (C=O) groups is 1. The molecule has 0 spiro atoms. The van der Waals surface area contributed by atoms with Crippen molar-refractivity contribution in [3.8, 4) is 0 Å². The number of para-hydroxylation sites is 1. The Morgan fingerprint density at radius 3 is 2.42 bits per heavy atom. The smallest absolute Gasteiger partial charge is 0.226 e. The molecule has 0 fully saturated rings. The molecule has 24 heavy (non-hydrogen) atoms. The molecule has 0 heterocycles. The summed E-state index contributed by atoms with van der Waals surface area (Å²) in [6, 6.07) is 9.42. The van der Waals surface area contributed by atoms with Gasteiger partial charge < -0.3 is 10.6 Å². The number of anilines is 2. The van der Waals surface area contributed by atoms with E-state index >= 15 is 0 Å². The molecule has 0 unspecified atom stereocenters. The summed E-state index contributed by atoms with van der Waals surface area (Å²) in [4.78, 5) is 12.0. The van der Waals surface area contributed by atoms with Crippen LogP contribution in [0.15, 0.2) is 36.4 Å². The van der Waals surface area contributed by atoms with Crippen LogP contribution in [0.1, 0.15) is 31.7 Å². The molecule has 128 valence electrons. The number of halogens is 3. The Balaban J connectivity index is 1.92. The van der Waals surface area contributed by atoms with E-state index < -0.39 is 17.5 Å². The fourth-order valence-electron chi connectivity index (χ4n) is 2.30. The topological polar surface area (TPSA) is 41.1 Å². The summed E-state index contributed by atoms with van der Waals surface area (Å²) in [5.41, 5.74) is 1.58. The number of hydrogen-bond acceptors (Lipinski definition) is 2. The minimum Gasteiger partial charge on any atom is -0.382 e. The van der Waals surface area contributed by atoms with Gasteiger partial charge in [-0.05, 0) is 29.7 Å². The van der Waals surface area contributed by atoms with Gasteiger partial charge in [0, 0.05) is 18.7 Å². The Bertz CT molecular complexity index is 732. The van der Waals surface area contributed by atoms with Crippen molar-refractivity contribution >= 4 is 17.3 Å². The highest BCUT2D eigenvalue weighted by atomic mass is 19.2. The Morgan fingerprint density at radius 1 is 1.00 bits per heavy atom. The predicted octanol–water partition coefficient (Wildman–Crippen LogP) is 4.67. The van der Waals surface area contributed by atoms with Crippen LogP contribution in [0.4, 0.5) is 24.5 Å². The zero-order chi connectivity index (χ0) is 17.7. The minimum absolute atomic E-state index is 0.0604. The Labute approximate surface area is 138 Å². The molecule has 2 aromatic rings. The van der Waals surface area contributed by atoms with Crippen LogP contribution < -0.4 is 10.6 Å². The van der Waals surface area contributed by atoms with E-state index in [0.29, 0.717) is 0 Å². The van der Waals surface area contributed by atoms with Crippen LogP contribution in [0.5, 0.6) is 0 Å². The first-order valence-corrected chi connectivity index (χ1v) is 7.66. The van der Waals surface area contributed by atoms with E-state index in [9.17, 15) is 18.0 Å². The maximum atomic E-state index is 13.5. The number of benzene rings is 2. The van der Waals surface area contributed by atoms with Crippen LogP contribution in [0, 0.1) is 17.5 Å². The van der Waals surface area contributed by atoms with Crippen molar-refractivity contribution in [1.82, 2.24) is 0 Å². The van der Waals surface area contributed by atoms with Gasteiger partial charge >= 0.3 is 0 Å². The van der Waals surface area contributed by atoms with Crippen LogP contribution in [0.25, 0.3) is 0 Å². The van der Waals surface area contributed by atoms with Crippen molar-refractivity contribution in [2.75, 3.05) is 17.2 Å². The molecule has 1 amide bonds. The number of amides is 1. The summed E-state index contributed by atoms with van der Waals surface area (Å²) in [5, 5.41) is 5.40. The van der Waals surface area contributed by atoms with Gasteiger partial charge in [0.05, 0.1) is 5.69 Å². The molecule has 2 N–H and O–H groups in total. The number of hydrogen-bond donors (Lipinski definition) is 2. The van der Waals surface area contributed by atoms with Gasteiger partial charge in [-0.2, -0.15) is 0 Å². The lowest BCUT2D eigenvalue weighted by molar-refractivity contribution is -0.115. The lowest BCUT2D eigenvalue weighted by Gasteiger charge is -2.14. The SMILES string of the molecule is CC(C)c1ccccc1NC(=O)CCNc1ccc(F)c(F)c1F. The third kappa shape index (κ3) is 4.28. The highest BCUT2D eigenvalue weighted by Crippen LogP contribution is 2.24. The molecular formula is C18H19F3N2O. The Kier molecular flexibility index (Phi) is 5.84. The third-order valence-corrected chi connectivity index (χ3v) is 3.56. The molecule has 0 saturated heterocycles. The second-order valence-corrected chi connectivity index (χ2v) is 5.69. The summed E-state index contributed by atoms with van der Waals surface area (Å²) in [5.74, 6) is -4.06. The van der Waals surface area contributed by atoms with E-state index in [2.05, 4.69) is 10.6 Å². The molecule has 2 aromatic carbocycles. The van der Waals surface area contributed by atoms with Crippen LogP contribution in [0.2, 0.25) is 0 Å². The fourth-order valence-corrected chi connectivity index (χ4v) is 2.30. The van der Waals surface area contributed by atoms with Gasteiger partial charge in [0.15, 0.2) is 17.5 Å². The van der Waals surface area contributed by atoms with Gasteiger partial charge in [-0.25, -0.2) is 13.2 Å². The summed E-state index contributed by atoms with van der Waals surface area (Å²) < 4.78 is 39.5. The van der Waals surface area contributed by atoms with Crippen molar-refractivity contribution in [3.05, 3.63) is 59.4 Å². The molecule has 0 aromatic heterocycles. The molecule has 6 heteroatoms. The lowest BCUT2D eigenvalue weighted by Crippen LogP contribution is -2.17. The molecule has 0 aliphatic carbocycles. The Morgan fingerprint density at radius 2 is 1.71 bits per heavy atom. The monoisotopic (exact) mass is 336 g/mol. The van der Waals surface area contributed by atoms with E-state index in [4.69, 9.17) is 0 Å². The molecule has 0 aliphatic rings. The highest BCUT2D eigenvalue weighted by Gasteiger charge is 2.13. The van der Waals surface area contributed by atoms with Crippen LogP contribution in [0.3, 0.4) is 0 Å². The maximum absolute atomic E-state index is 13.5. The molecule has 3 nitrogen and oxygen atoms in total. The first-order chi connectivity index (χ1) is 11.4. The van der Waals surface area contributed by atoms with Gasteiger partial charge in [0.2, 0.25) is 5.91 Å². The first-order valence-electron chi connectivity index (χ1n) is 7.66. The zero-order valence-electron chi connectivity index (χ0n) is 13.5. The molecule has 0 saturated carbocycles. The summed E-state index contributed by atoms with van der Waals surface area (Å²) >= 11 is 0. The van der Waals surface area contributed by atoms with Crippen molar-refractivity contribution in [2.24, 2.45) is 0 Å². The summed E-state index contributed by atoms with van der Waals surface area (Å²) in [7, 11) is 0. The first kappa shape index (κ1) is 17.8. The second-order valence-electron chi connectivity index (χ2n) is 5.69. The van der Waals surface area contributed by atoms with E-state index in [-0.39, 0.29) is 30.5 Å². The molecule has 0 bridgehead atoms. The molecule has 0 atom stereocenters. The normalized spacial score (nSPS) is 10.8. The quantitative estimate of drug-likeness (QED) is 0.753. The molecular weight excluding hydrogens is 317 g/mol. The maximum Gasteiger partial charge on any atom is 0.226 e. The second kappa shape index (κ2) is 7.86. The Hall–Kier alpha value is -2.50. The average Bonchev–Trinajstić information content (AvgIpc) is 2.55. The largest absolute Gasteiger partial charge is 0.382 e. The van der Waals surface area contributed by atoms with Crippen molar-refractivity contribution in [2.45, 2.75) is 26.2 Å². The van der Waals surface area contributed by atoms with Crippen LogP contribution >= 0.6 is 0 Å². The predicted molar refractivity (Wildman–Crippen MR) is 88.6 cm³/mol. The zero-order valence-corrected chi connectivity index (χ0v) is 13.5. The van der Waals surface area contributed by atoms with E-state index in [1.54, 1.807) is 0 Å². The van der Waals surface area contributed by atoms with E-state index in [1.165, 1.54) is 0 Å². The lowest BCUT2D eigenvalue weighted by atomic mass is 10.0. The number of rotatable bonds is 6. The van der Waals surface area contributed by atoms with Crippen LogP contribution in [-0.2, 0) is 4.79 Å². The summed E-state index contributed by atoms with van der Waals surface area (Å²) in [6.07, 6.45) is 0.0604. The van der Waals surface area contributed by atoms with Crippen LogP contribution in [-0.4, -0.2) is 12.5 Å². The van der Waals surface area contributed by atoms with E-state index in [1.807, 2.05) is 38.1 Å². The van der Waals surface area contributed by atoms with Crippen molar-refractivity contribution in [3.63, 3.8) is 0 Å². The molecule has 0 radical (unpaired) electrons. The fraction of sp³-hybridized carbons (Fsp3) is 0.278. The third-order valence-electron chi connectivity index (χ3n) is 3.56. The standard InChI is InChI=1S/C18H19F3N2O/c1-11(2)12-5-3-4-6-14(12)23-16(24)9-10-22-15-8-7-13(19)17(20)18(15)21/h3-8,11,22H,9-10H2,1-2H3,(H,23,24). The average molecular weight is 336 g/mol. The minimum atomic E-state index is -1.53. The van der Waals surface area contributed by atoms with E-state index in [0.717, 1.165) is 23.4 Å². The summed E-state index contributed by atoms with van der Waals surface area (Å²) in [6.45, 7) is 4.15. The van der Waals surface area contributed by atoms with Gasteiger partial charge in [0.25, 0.3) is 0 Å². The number of carbonyl (C=O) groups excluding carboxylic acids is 1. The van der Waals surface area contributed by atoms with Gasteiger partial charge in [-0.3, -0.25) is 4.79 Å². The molecule has 0 aliphatic heterocycles. The number of nitrogens with one attached hydrogen (secondary N) is 2. The van der Waals surface area contributed by atoms with Gasteiger partial charge in [-0.15, -0.1) is 0 Å². The van der Waals surface area contributed by atoms with Crippen molar-refractivity contribution < 1.29 is 18.0 Å². The van der Waals surface area contributed by atoms with Gasteiger partial charge in [0.1, 0.15) is 0 Å². The van der Waals surface area contributed by atoms with Crippen molar-refractivity contribution in [1.29, 1.82) is 0 Å². The molecule has 2 rings (SSSR count).